The molecule has 3 N–H and O–H groups in total. The van der Waals surface area contributed by atoms with Gasteiger partial charge in [0.25, 0.3) is 0 Å². The highest BCUT2D eigenvalue weighted by molar-refractivity contribution is 6.42. The summed E-state index contributed by atoms with van der Waals surface area (Å²) < 4.78 is 0. The summed E-state index contributed by atoms with van der Waals surface area (Å²) in [6, 6.07) is 9.99. The zero-order valence-corrected chi connectivity index (χ0v) is 17.7. The molecule has 0 aromatic heterocycles. The summed E-state index contributed by atoms with van der Waals surface area (Å²) in [6.45, 7) is 0. The van der Waals surface area contributed by atoms with Crippen molar-refractivity contribution in [1.29, 1.82) is 0 Å². The molecule has 2 aromatic carbocycles. The molecule has 0 bridgehead atoms. The van der Waals surface area contributed by atoms with E-state index in [-0.39, 0.29) is 5.92 Å². The summed E-state index contributed by atoms with van der Waals surface area (Å²) in [5.74, 6) is -0.255. The quantitative estimate of drug-likeness (QED) is 0.339. The van der Waals surface area contributed by atoms with Crippen LogP contribution in [-0.2, 0) is 0 Å². The molecule has 4 nitrogen and oxygen atoms in total. The van der Waals surface area contributed by atoms with Crippen LogP contribution in [-0.4, -0.2) is 16.1 Å². The lowest BCUT2D eigenvalue weighted by molar-refractivity contribution is 0.106. The van der Waals surface area contributed by atoms with E-state index in [1.54, 1.807) is 30.3 Å². The van der Waals surface area contributed by atoms with Gasteiger partial charge >= 0.3 is 0 Å². The Morgan fingerprint density at radius 1 is 1.00 bits per heavy atom. The van der Waals surface area contributed by atoms with Crippen LogP contribution in [0, 0.1) is 5.92 Å². The Morgan fingerprint density at radius 3 is 2.29 bits per heavy atom. The van der Waals surface area contributed by atoms with Crippen LogP contribution in [0.3, 0.4) is 0 Å². The summed E-state index contributed by atoms with van der Waals surface area (Å²) in [5.41, 5.74) is 5.33. The zero-order valence-electron chi connectivity index (χ0n) is 14.7. The minimum atomic E-state index is -0.502. The lowest BCUT2D eigenvalue weighted by atomic mass is 9.77. The highest BCUT2D eigenvalue weighted by atomic mass is 35.5. The Morgan fingerprint density at radius 2 is 1.68 bits per heavy atom. The van der Waals surface area contributed by atoms with Crippen molar-refractivity contribution < 1.29 is 10.4 Å². The van der Waals surface area contributed by atoms with Gasteiger partial charge in [-0.25, -0.2) is 0 Å². The average Bonchev–Trinajstić information content (AvgIpc) is 2.68. The maximum Gasteiger partial charge on any atom is 0.0878 e. The number of hydrogen-bond acceptors (Lipinski definition) is 4. The normalized spacial score (nSPS) is 21.2. The van der Waals surface area contributed by atoms with Crippen molar-refractivity contribution in [1.82, 2.24) is 5.48 Å². The largest absolute Gasteiger partial charge is 0.411 e. The maximum atomic E-state index is 9.83. The molecule has 2 atom stereocenters. The van der Waals surface area contributed by atoms with Gasteiger partial charge in [0.05, 0.1) is 31.8 Å². The molecule has 1 aliphatic carbocycles. The Balaban J connectivity index is 1.95. The number of rotatable bonds is 4. The number of hydroxylamine groups is 1. The number of nitrogens with zero attached hydrogens (tertiary/aromatic N) is 1. The first-order valence-electron chi connectivity index (χ1n) is 8.67. The van der Waals surface area contributed by atoms with Crippen LogP contribution in [0.25, 0.3) is 6.08 Å². The summed E-state index contributed by atoms with van der Waals surface area (Å²) in [5, 5.41) is 24.9. The topological polar surface area (TPSA) is 64.9 Å². The Bertz CT molecular complexity index is 930. The van der Waals surface area contributed by atoms with Crippen LogP contribution in [0.15, 0.2) is 47.1 Å². The van der Waals surface area contributed by atoms with Crippen molar-refractivity contribution in [2.24, 2.45) is 11.1 Å². The fourth-order valence-corrected chi connectivity index (χ4v) is 4.14. The molecule has 1 saturated carbocycles. The fourth-order valence-electron chi connectivity index (χ4n) is 3.53. The van der Waals surface area contributed by atoms with Crippen molar-refractivity contribution in [3.63, 3.8) is 0 Å². The second-order valence-corrected chi connectivity index (χ2v) is 8.24. The fraction of sp³-hybridized carbons (Fsp3) is 0.250. The molecule has 28 heavy (non-hydrogen) atoms. The lowest BCUT2D eigenvalue weighted by Crippen LogP contribution is -2.34. The van der Waals surface area contributed by atoms with Crippen LogP contribution in [0.4, 0.5) is 0 Å². The molecule has 0 spiro atoms. The van der Waals surface area contributed by atoms with Crippen molar-refractivity contribution in [3.8, 4) is 0 Å². The van der Waals surface area contributed by atoms with Gasteiger partial charge in [0.1, 0.15) is 0 Å². The number of benzene rings is 2. The first kappa shape index (κ1) is 21.4. The molecule has 2 unspecified atom stereocenters. The third-order valence-electron chi connectivity index (χ3n) is 4.88. The van der Waals surface area contributed by atoms with Gasteiger partial charge in [-0.1, -0.05) is 63.7 Å². The second-order valence-electron chi connectivity index (χ2n) is 6.61. The number of halogens is 4. The van der Waals surface area contributed by atoms with Gasteiger partial charge in [-0.3, -0.25) is 0 Å². The minimum Gasteiger partial charge on any atom is -0.411 e. The Labute approximate surface area is 183 Å². The van der Waals surface area contributed by atoms with E-state index < -0.39 is 6.04 Å². The van der Waals surface area contributed by atoms with Crippen LogP contribution in [0.5, 0.6) is 0 Å². The molecular weight excluding hydrogens is 442 g/mol. The number of hydrogen-bond donors (Lipinski definition) is 3. The molecular formula is C20H18Cl4N2O2. The van der Waals surface area contributed by atoms with E-state index in [0.29, 0.717) is 25.8 Å². The second kappa shape index (κ2) is 9.49. The molecule has 0 amide bonds. The molecule has 1 fully saturated rings. The minimum absolute atomic E-state index is 0.255. The van der Waals surface area contributed by atoms with E-state index in [4.69, 9.17) is 46.4 Å². The zero-order chi connectivity index (χ0) is 20.3. The number of nitrogens with one attached hydrogen (secondary N) is 1. The van der Waals surface area contributed by atoms with Gasteiger partial charge in [-0.2, -0.15) is 5.48 Å². The van der Waals surface area contributed by atoms with Gasteiger partial charge in [0, 0.05) is 5.92 Å². The van der Waals surface area contributed by atoms with Gasteiger partial charge in [0.2, 0.25) is 0 Å². The molecule has 8 heteroatoms. The molecule has 0 saturated heterocycles. The molecule has 2 aromatic rings. The highest BCUT2D eigenvalue weighted by Gasteiger charge is 2.33. The smallest absolute Gasteiger partial charge is 0.0878 e. The maximum absolute atomic E-state index is 9.83. The van der Waals surface area contributed by atoms with Crippen LogP contribution in [0.1, 0.15) is 36.4 Å². The van der Waals surface area contributed by atoms with Crippen molar-refractivity contribution in [3.05, 3.63) is 73.2 Å². The van der Waals surface area contributed by atoms with Gasteiger partial charge in [-0.05, 0) is 66.3 Å². The van der Waals surface area contributed by atoms with Crippen molar-refractivity contribution in [2.75, 3.05) is 0 Å². The van der Waals surface area contributed by atoms with E-state index in [9.17, 15) is 10.4 Å². The third kappa shape index (κ3) is 4.65. The van der Waals surface area contributed by atoms with Gasteiger partial charge in [-0.15, -0.1) is 0 Å². The Hall–Kier alpha value is -1.27. The first-order chi connectivity index (χ1) is 13.4. The van der Waals surface area contributed by atoms with E-state index in [0.717, 1.165) is 36.0 Å². The summed E-state index contributed by atoms with van der Waals surface area (Å²) in [6.07, 6.45) is 4.27. The predicted octanol–water partition coefficient (Wildman–Crippen LogP) is 7.03. The van der Waals surface area contributed by atoms with E-state index >= 15 is 0 Å². The average molecular weight is 460 g/mol. The number of oxime groups is 1. The summed E-state index contributed by atoms with van der Waals surface area (Å²) in [7, 11) is 0. The van der Waals surface area contributed by atoms with E-state index in [2.05, 4.69) is 10.6 Å². The van der Waals surface area contributed by atoms with Crippen molar-refractivity contribution >= 4 is 58.2 Å². The van der Waals surface area contributed by atoms with Crippen LogP contribution >= 0.6 is 46.4 Å². The summed E-state index contributed by atoms with van der Waals surface area (Å²) in [4.78, 5) is 0. The number of allylic oxidation sites excluding steroid dienone is 1. The molecule has 0 aliphatic heterocycles. The van der Waals surface area contributed by atoms with Gasteiger partial charge in [0.15, 0.2) is 0 Å². The molecule has 0 heterocycles. The standard InChI is InChI=1S/C20H18Cl4N2O2/c21-15-6-4-11(9-17(15)23)8-12-2-1-3-14(19(12)25-27)20(26-28)13-5-7-16(22)18(24)10-13/h4-10,14,20,26-28H,1-3H2/b12-8-,25-19+. The monoisotopic (exact) mass is 458 g/mol. The highest BCUT2D eigenvalue weighted by Crippen LogP contribution is 2.38. The van der Waals surface area contributed by atoms with Crippen molar-refractivity contribution in [2.45, 2.75) is 25.3 Å². The van der Waals surface area contributed by atoms with Crippen LogP contribution in [0.2, 0.25) is 20.1 Å². The lowest BCUT2D eigenvalue weighted by Gasteiger charge is -2.32. The van der Waals surface area contributed by atoms with Gasteiger partial charge < -0.3 is 10.4 Å². The molecule has 1 aliphatic rings. The third-order valence-corrected chi connectivity index (χ3v) is 6.36. The van der Waals surface area contributed by atoms with Crippen LogP contribution < -0.4 is 5.48 Å². The SMILES string of the molecule is O/N=C1\C(=C/c2ccc(Cl)c(Cl)c2)CCCC1C(NO)c1ccc(Cl)c(Cl)c1. The van der Waals surface area contributed by atoms with E-state index in [1.165, 1.54) is 0 Å². The Kier molecular flexibility index (Phi) is 7.26. The molecule has 0 radical (unpaired) electrons. The molecule has 3 rings (SSSR count). The predicted molar refractivity (Wildman–Crippen MR) is 115 cm³/mol. The summed E-state index contributed by atoms with van der Waals surface area (Å²) >= 11 is 24.2. The first-order valence-corrected chi connectivity index (χ1v) is 10.2. The molecule has 148 valence electrons. The van der Waals surface area contributed by atoms with E-state index in [1.807, 2.05) is 12.1 Å².